The smallest absolute Gasteiger partial charge is 0.294 e. The Morgan fingerprint density at radius 2 is 1.88 bits per heavy atom. The Morgan fingerprint density at radius 3 is 2.62 bits per heavy atom. The molecule has 0 spiro atoms. The number of nitrogens with zero attached hydrogens (tertiary/aromatic N) is 4. The summed E-state index contributed by atoms with van der Waals surface area (Å²) in [6, 6.07) is 13.8. The average molecular weight is 477 g/mol. The molecule has 0 saturated heterocycles. The molecule has 5 rings (SSSR count). The molecule has 4 aromatic rings. The fraction of sp³-hybridized carbons (Fsp3) is 0.130. The lowest BCUT2D eigenvalue weighted by atomic mass is 10.1. The van der Waals surface area contributed by atoms with Gasteiger partial charge in [0, 0.05) is 17.8 Å². The SMILES string of the molecule is Cc1c(C)n(Cc2ccccc2)c2ncnc(N/N=C3\C(=O)Nc4ccc(S(=O)(=O)O)cc43)c12. The Bertz CT molecular complexity index is 1590. The summed E-state index contributed by atoms with van der Waals surface area (Å²) in [6.45, 7) is 4.61. The number of amides is 1. The first-order valence-electron chi connectivity index (χ1n) is 10.4. The van der Waals surface area contributed by atoms with Crippen LogP contribution in [0.15, 0.2) is 64.9 Å². The molecule has 1 aliphatic heterocycles. The zero-order valence-electron chi connectivity index (χ0n) is 18.3. The minimum atomic E-state index is -4.43. The van der Waals surface area contributed by atoms with Crippen molar-refractivity contribution in [2.24, 2.45) is 5.10 Å². The molecule has 172 valence electrons. The van der Waals surface area contributed by atoms with E-state index in [0.717, 1.165) is 27.9 Å². The summed E-state index contributed by atoms with van der Waals surface area (Å²) in [5, 5.41) is 7.63. The minimum Gasteiger partial charge on any atom is -0.325 e. The molecule has 0 saturated carbocycles. The first-order chi connectivity index (χ1) is 16.2. The van der Waals surface area contributed by atoms with Crippen LogP contribution in [0, 0.1) is 13.8 Å². The number of hydrogen-bond acceptors (Lipinski definition) is 7. The van der Waals surface area contributed by atoms with Crippen LogP contribution < -0.4 is 10.7 Å². The van der Waals surface area contributed by atoms with Gasteiger partial charge in [-0.2, -0.15) is 13.5 Å². The summed E-state index contributed by atoms with van der Waals surface area (Å²) in [7, 11) is -4.43. The predicted molar refractivity (Wildman–Crippen MR) is 128 cm³/mol. The Morgan fingerprint density at radius 1 is 1.12 bits per heavy atom. The van der Waals surface area contributed by atoms with Crippen LogP contribution in [0.1, 0.15) is 22.4 Å². The molecular weight excluding hydrogens is 456 g/mol. The lowest BCUT2D eigenvalue weighted by Crippen LogP contribution is -2.16. The van der Waals surface area contributed by atoms with Crippen LogP contribution in [0.3, 0.4) is 0 Å². The van der Waals surface area contributed by atoms with Crippen molar-refractivity contribution in [1.29, 1.82) is 0 Å². The number of aromatic nitrogens is 3. The topological polar surface area (TPSA) is 139 Å². The third-order valence-corrected chi connectivity index (χ3v) is 6.72. The highest BCUT2D eigenvalue weighted by Crippen LogP contribution is 2.30. The second-order valence-corrected chi connectivity index (χ2v) is 9.33. The van der Waals surface area contributed by atoms with Crippen molar-refractivity contribution in [2.45, 2.75) is 25.3 Å². The first kappa shape index (κ1) is 21.7. The molecule has 1 amide bonds. The molecule has 0 atom stereocenters. The zero-order chi connectivity index (χ0) is 24.0. The molecule has 2 aromatic carbocycles. The van der Waals surface area contributed by atoms with Crippen molar-refractivity contribution in [2.75, 3.05) is 10.7 Å². The lowest BCUT2D eigenvalue weighted by molar-refractivity contribution is -0.110. The van der Waals surface area contributed by atoms with Gasteiger partial charge in [0.2, 0.25) is 0 Å². The molecule has 0 fully saturated rings. The summed E-state index contributed by atoms with van der Waals surface area (Å²) >= 11 is 0. The van der Waals surface area contributed by atoms with Crippen LogP contribution >= 0.6 is 0 Å². The molecule has 11 heteroatoms. The van der Waals surface area contributed by atoms with E-state index in [1.807, 2.05) is 44.2 Å². The second kappa shape index (κ2) is 8.04. The fourth-order valence-electron chi connectivity index (χ4n) is 4.03. The second-order valence-electron chi connectivity index (χ2n) is 7.91. The number of fused-ring (bicyclic) bond motifs is 2. The van der Waals surface area contributed by atoms with Crippen molar-refractivity contribution >= 4 is 44.3 Å². The number of nitrogens with one attached hydrogen (secondary N) is 2. The van der Waals surface area contributed by atoms with Gasteiger partial charge in [0.05, 0.1) is 16.0 Å². The van der Waals surface area contributed by atoms with Gasteiger partial charge in [-0.3, -0.25) is 14.8 Å². The highest BCUT2D eigenvalue weighted by molar-refractivity contribution is 7.85. The number of rotatable bonds is 5. The molecule has 0 radical (unpaired) electrons. The van der Waals surface area contributed by atoms with E-state index >= 15 is 0 Å². The minimum absolute atomic E-state index is 0.0228. The van der Waals surface area contributed by atoms with E-state index in [2.05, 4.69) is 30.4 Å². The normalized spacial score (nSPS) is 14.4. The molecule has 0 unspecified atom stereocenters. The van der Waals surface area contributed by atoms with Crippen molar-refractivity contribution < 1.29 is 17.8 Å². The van der Waals surface area contributed by atoms with Gasteiger partial charge in [-0.25, -0.2) is 9.97 Å². The highest BCUT2D eigenvalue weighted by Gasteiger charge is 2.28. The first-order valence-corrected chi connectivity index (χ1v) is 11.8. The lowest BCUT2D eigenvalue weighted by Gasteiger charge is -2.08. The predicted octanol–water partition coefficient (Wildman–Crippen LogP) is 3.11. The van der Waals surface area contributed by atoms with Crippen LogP contribution in [-0.2, 0) is 21.5 Å². The van der Waals surface area contributed by atoms with E-state index in [-0.39, 0.29) is 16.2 Å². The Kier molecular flexibility index (Phi) is 5.14. The maximum Gasteiger partial charge on any atom is 0.294 e. The van der Waals surface area contributed by atoms with Crippen molar-refractivity contribution in [3.63, 3.8) is 0 Å². The van der Waals surface area contributed by atoms with Gasteiger partial charge in [0.1, 0.15) is 12.0 Å². The molecule has 1 aliphatic rings. The molecular formula is C23H20N6O4S. The summed E-state index contributed by atoms with van der Waals surface area (Å²) in [5.41, 5.74) is 7.33. The Labute approximate surface area is 195 Å². The highest BCUT2D eigenvalue weighted by atomic mass is 32.2. The van der Waals surface area contributed by atoms with E-state index in [4.69, 9.17) is 0 Å². The standard InChI is InChI=1S/C23H20N6O4S/c1-13-14(2)29(11-15-6-4-3-5-7-15)22-19(13)21(24-12-25-22)28-27-20-17-10-16(34(31,32)33)8-9-18(17)26-23(20)30/h3-10,12H,11H2,1-2H3,(H,24,25,28)(H,26,27,30)(H,31,32,33). The summed E-state index contributed by atoms with van der Waals surface area (Å²) < 4.78 is 34.5. The number of benzene rings is 2. The molecule has 34 heavy (non-hydrogen) atoms. The average Bonchev–Trinajstić information content (AvgIpc) is 3.26. The summed E-state index contributed by atoms with van der Waals surface area (Å²) in [5.74, 6) is -0.0908. The molecule has 10 nitrogen and oxygen atoms in total. The maximum absolute atomic E-state index is 12.5. The van der Waals surface area contributed by atoms with Gasteiger partial charge >= 0.3 is 0 Å². The largest absolute Gasteiger partial charge is 0.325 e. The summed E-state index contributed by atoms with van der Waals surface area (Å²) in [4.78, 5) is 20.9. The van der Waals surface area contributed by atoms with Gasteiger partial charge < -0.3 is 9.88 Å². The van der Waals surface area contributed by atoms with Gasteiger partial charge in [-0.05, 0) is 43.2 Å². The van der Waals surface area contributed by atoms with Crippen LogP contribution in [0.2, 0.25) is 0 Å². The van der Waals surface area contributed by atoms with E-state index in [0.29, 0.717) is 18.1 Å². The quantitative estimate of drug-likeness (QED) is 0.297. The van der Waals surface area contributed by atoms with E-state index in [1.165, 1.54) is 24.5 Å². The Hall–Kier alpha value is -4.09. The third kappa shape index (κ3) is 3.70. The fourth-order valence-corrected chi connectivity index (χ4v) is 4.53. The van der Waals surface area contributed by atoms with Gasteiger partial charge in [0.15, 0.2) is 11.5 Å². The molecule has 3 N–H and O–H groups in total. The molecule has 2 aromatic heterocycles. The number of aryl methyl sites for hydroxylation is 1. The van der Waals surface area contributed by atoms with Crippen molar-refractivity contribution in [3.05, 3.63) is 77.2 Å². The maximum atomic E-state index is 12.5. The van der Waals surface area contributed by atoms with Crippen LogP contribution in [0.4, 0.5) is 11.5 Å². The summed E-state index contributed by atoms with van der Waals surface area (Å²) in [6.07, 6.45) is 1.42. The molecule has 3 heterocycles. The zero-order valence-corrected chi connectivity index (χ0v) is 19.1. The van der Waals surface area contributed by atoms with Crippen molar-refractivity contribution in [1.82, 2.24) is 14.5 Å². The van der Waals surface area contributed by atoms with Crippen molar-refractivity contribution in [3.8, 4) is 0 Å². The number of hydrogen-bond donors (Lipinski definition) is 3. The Balaban J connectivity index is 1.55. The van der Waals surface area contributed by atoms with Gasteiger partial charge in [-0.1, -0.05) is 30.3 Å². The van der Waals surface area contributed by atoms with Gasteiger partial charge in [-0.15, -0.1) is 0 Å². The molecule has 0 bridgehead atoms. The molecule has 0 aliphatic carbocycles. The van der Waals surface area contributed by atoms with Crippen LogP contribution in [-0.4, -0.2) is 39.1 Å². The van der Waals surface area contributed by atoms with E-state index < -0.39 is 16.0 Å². The number of hydrazone groups is 1. The number of carbonyl (C=O) groups excluding carboxylic acids is 1. The van der Waals surface area contributed by atoms with Crippen LogP contribution in [0.25, 0.3) is 11.0 Å². The third-order valence-electron chi connectivity index (χ3n) is 5.87. The van der Waals surface area contributed by atoms with Crippen LogP contribution in [0.5, 0.6) is 0 Å². The number of carbonyl (C=O) groups is 1. The van der Waals surface area contributed by atoms with Gasteiger partial charge in [0.25, 0.3) is 16.0 Å². The van der Waals surface area contributed by atoms with E-state index in [1.54, 1.807) is 0 Å². The monoisotopic (exact) mass is 476 g/mol. The number of anilines is 2. The van der Waals surface area contributed by atoms with E-state index in [9.17, 15) is 17.8 Å².